The van der Waals surface area contributed by atoms with E-state index in [9.17, 15) is 22.8 Å². The third-order valence-electron chi connectivity index (χ3n) is 14.6. The molecule has 3 aliphatic heterocycles. The Labute approximate surface area is 414 Å². The van der Waals surface area contributed by atoms with E-state index in [1.54, 1.807) is 37.1 Å². The summed E-state index contributed by atoms with van der Waals surface area (Å²) in [6.07, 6.45) is 7.61. The fraction of sp³-hybridized carbons (Fsp3) is 0.538. The summed E-state index contributed by atoms with van der Waals surface area (Å²) >= 11 is 1.49. The number of aromatic nitrogens is 2. The highest BCUT2D eigenvalue weighted by Crippen LogP contribution is 2.48. The Morgan fingerprint density at radius 1 is 1.00 bits per heavy atom. The lowest BCUT2D eigenvalue weighted by Crippen LogP contribution is -2.58. The van der Waals surface area contributed by atoms with Crippen LogP contribution >= 0.6 is 11.3 Å². The number of nitrogens with zero attached hydrogens (tertiary/aromatic N) is 4. The standard InChI is InChI=1S/C52H65N7O9S2/c1-30(2)41-29-69-47(55-41)40-24-44(38-18-19-43(66-7)33(5)45(38)54-40)68-37-23-42-46(60)56-52(50(63)57-70(64,65)51(6)20-21-51)25-35(52)15-11-9-8-10-12-17-39(49(62)59(42)28-37)53-36-16-13-14-34(22-36)48(61)58-26-31(3)67-32(4)27-58/h11,13-16,18-19,22,24,29-32,35,37,39,42,53H,8-10,12,17,20-21,23,25-28H2,1-7H3,(H,56,60)(H,57,63)/b15-11-/t31-,32+,35-,37+,39-,42-,52+/m0/s1. The topological polar surface area (TPSA) is 198 Å². The lowest BCUT2D eigenvalue weighted by Gasteiger charge is -2.35. The van der Waals surface area contributed by atoms with E-state index in [2.05, 4.69) is 29.2 Å². The smallest absolute Gasteiger partial charge is 0.259 e. The highest BCUT2D eigenvalue weighted by molar-refractivity contribution is 7.91. The third kappa shape index (κ3) is 10.0. The summed E-state index contributed by atoms with van der Waals surface area (Å²) < 4.78 is 46.6. The largest absolute Gasteiger partial charge is 0.496 e. The molecule has 2 aliphatic carbocycles. The van der Waals surface area contributed by atoms with Crippen LogP contribution in [0.3, 0.4) is 0 Å². The number of hydrogen-bond donors (Lipinski definition) is 3. The third-order valence-corrected chi connectivity index (χ3v) is 17.7. The molecule has 9 rings (SSSR count). The van der Waals surface area contributed by atoms with Gasteiger partial charge >= 0.3 is 0 Å². The molecule has 5 aliphatic rings. The molecule has 0 spiro atoms. The maximum absolute atomic E-state index is 15.3. The van der Waals surface area contributed by atoms with Crippen molar-refractivity contribution in [2.75, 3.05) is 32.1 Å². The summed E-state index contributed by atoms with van der Waals surface area (Å²) in [5.41, 5.74) is 2.55. The van der Waals surface area contributed by atoms with E-state index in [0.717, 1.165) is 29.1 Å². The number of allylic oxidation sites excluding steroid dienone is 1. The number of fused-ring (bicyclic) bond motifs is 3. The molecule has 0 unspecified atom stereocenters. The van der Waals surface area contributed by atoms with Gasteiger partial charge in [0.15, 0.2) is 0 Å². The molecule has 4 fully saturated rings. The van der Waals surface area contributed by atoms with Crippen LogP contribution in [-0.2, 0) is 29.1 Å². The number of carbonyl (C=O) groups is 4. The van der Waals surface area contributed by atoms with Crippen LogP contribution in [0.1, 0.15) is 120 Å². The number of ether oxygens (including phenoxy) is 3. The average molecular weight is 996 g/mol. The van der Waals surface area contributed by atoms with E-state index in [4.69, 9.17) is 24.2 Å². The number of hydrogen-bond acceptors (Lipinski definition) is 13. The number of carbonyl (C=O) groups excluding carboxylic acids is 4. The molecule has 374 valence electrons. The van der Waals surface area contributed by atoms with Crippen molar-refractivity contribution in [2.45, 2.75) is 146 Å². The predicted octanol–water partition coefficient (Wildman–Crippen LogP) is 7.27. The number of amides is 4. The van der Waals surface area contributed by atoms with Crippen molar-refractivity contribution < 1.29 is 41.8 Å². The minimum Gasteiger partial charge on any atom is -0.496 e. The number of sulfonamides is 1. The fourth-order valence-electron chi connectivity index (χ4n) is 10.1. The van der Waals surface area contributed by atoms with Crippen LogP contribution in [0.25, 0.3) is 21.6 Å². The second-order valence-corrected chi connectivity index (χ2v) is 23.5. The van der Waals surface area contributed by atoms with Crippen molar-refractivity contribution >= 4 is 61.6 Å². The van der Waals surface area contributed by atoms with Crippen LogP contribution in [-0.4, -0.2) is 119 Å². The summed E-state index contributed by atoms with van der Waals surface area (Å²) in [4.78, 5) is 71.6. The summed E-state index contributed by atoms with van der Waals surface area (Å²) in [6, 6.07) is 10.9. The van der Waals surface area contributed by atoms with E-state index in [1.807, 2.05) is 62.6 Å². The van der Waals surface area contributed by atoms with Gasteiger partial charge in [-0.2, -0.15) is 0 Å². The molecule has 5 heterocycles. The first-order valence-corrected chi connectivity index (χ1v) is 27.0. The second kappa shape index (κ2) is 19.5. The van der Waals surface area contributed by atoms with Gasteiger partial charge in [0.25, 0.3) is 11.8 Å². The normalized spacial score (nSPS) is 27.4. The Hall–Kier alpha value is -5.59. The molecule has 16 nitrogen and oxygen atoms in total. The van der Waals surface area contributed by atoms with E-state index in [-0.39, 0.29) is 49.3 Å². The molecule has 70 heavy (non-hydrogen) atoms. The lowest BCUT2D eigenvalue weighted by atomic mass is 10.0. The lowest BCUT2D eigenvalue weighted by molar-refractivity contribution is -0.140. The molecule has 2 aromatic carbocycles. The molecule has 0 bridgehead atoms. The molecule has 18 heteroatoms. The number of anilines is 1. The Morgan fingerprint density at radius 3 is 2.49 bits per heavy atom. The van der Waals surface area contributed by atoms with Crippen molar-refractivity contribution in [1.82, 2.24) is 29.8 Å². The molecule has 4 aromatic rings. The van der Waals surface area contributed by atoms with Crippen molar-refractivity contribution in [3.8, 4) is 22.2 Å². The van der Waals surface area contributed by atoms with Gasteiger partial charge in [0.05, 0.1) is 41.8 Å². The second-order valence-electron chi connectivity index (χ2n) is 20.5. The fourth-order valence-corrected chi connectivity index (χ4v) is 12.3. The first-order valence-electron chi connectivity index (χ1n) is 24.7. The summed E-state index contributed by atoms with van der Waals surface area (Å²) in [5.74, 6) is -0.920. The van der Waals surface area contributed by atoms with Gasteiger partial charge in [0.2, 0.25) is 21.8 Å². The predicted molar refractivity (Wildman–Crippen MR) is 268 cm³/mol. The zero-order chi connectivity index (χ0) is 49.7. The molecular formula is C52H65N7O9S2. The van der Waals surface area contributed by atoms with Gasteiger partial charge in [-0.05, 0) is 102 Å². The Kier molecular flexibility index (Phi) is 13.8. The summed E-state index contributed by atoms with van der Waals surface area (Å²) in [5, 5.41) is 9.92. The number of thiazole rings is 1. The summed E-state index contributed by atoms with van der Waals surface area (Å²) in [6.45, 7) is 12.6. The molecule has 7 atom stereocenters. The molecule has 2 aromatic heterocycles. The molecule has 4 amide bonds. The van der Waals surface area contributed by atoms with Gasteiger partial charge < -0.3 is 34.6 Å². The monoisotopic (exact) mass is 995 g/mol. The summed E-state index contributed by atoms with van der Waals surface area (Å²) in [7, 11) is -2.41. The Bertz CT molecular complexity index is 2820. The highest BCUT2D eigenvalue weighted by atomic mass is 32.2. The number of morpholine rings is 1. The highest BCUT2D eigenvalue weighted by Gasteiger charge is 2.63. The minimum atomic E-state index is -4.02. The van der Waals surface area contributed by atoms with Gasteiger partial charge in [-0.25, -0.2) is 18.4 Å². The van der Waals surface area contributed by atoms with Crippen molar-refractivity contribution in [1.29, 1.82) is 0 Å². The zero-order valence-corrected chi connectivity index (χ0v) is 42.7. The van der Waals surface area contributed by atoms with Gasteiger partial charge in [0, 0.05) is 59.1 Å². The van der Waals surface area contributed by atoms with Crippen molar-refractivity contribution in [3.05, 3.63) is 76.8 Å². The van der Waals surface area contributed by atoms with E-state index >= 15 is 4.79 Å². The maximum Gasteiger partial charge on any atom is 0.259 e. The van der Waals surface area contributed by atoms with Crippen LogP contribution in [0.2, 0.25) is 0 Å². The quantitative estimate of drug-likeness (QED) is 0.127. The number of nitrogens with one attached hydrogen (secondary N) is 3. The van der Waals surface area contributed by atoms with Crippen LogP contribution in [0, 0.1) is 12.8 Å². The van der Waals surface area contributed by atoms with E-state index in [1.165, 1.54) is 16.2 Å². The van der Waals surface area contributed by atoms with Crippen molar-refractivity contribution in [3.63, 3.8) is 0 Å². The van der Waals surface area contributed by atoms with E-state index in [0.29, 0.717) is 84.5 Å². The van der Waals surface area contributed by atoms with E-state index < -0.39 is 56.2 Å². The SMILES string of the molecule is COc1ccc2c(O[C@@H]3C[C@H]4C(=O)N[C@]5(C(=O)NS(=O)(=O)C6(C)CC6)C[C@@H]5/C=C\CCCCC[C@H](Nc5cccc(C(=O)N6C[C@@H](C)O[C@@H](C)C6)c5)C(=O)N4C3)cc(-c3nc(C(C)C)cs3)nc2c1C. The molecule has 3 N–H and O–H groups in total. The number of aryl methyl sites for hydroxylation is 1. The maximum atomic E-state index is 15.3. The molecule has 2 saturated carbocycles. The Balaban J connectivity index is 1.06. The van der Waals surface area contributed by atoms with Crippen LogP contribution < -0.4 is 24.8 Å². The minimum absolute atomic E-state index is 0.0271. The first kappa shape index (κ1) is 49.4. The van der Waals surface area contributed by atoms with Crippen LogP contribution in [0.15, 0.2) is 60.0 Å². The van der Waals surface area contributed by atoms with Gasteiger partial charge in [-0.15, -0.1) is 11.3 Å². The molecule has 2 saturated heterocycles. The van der Waals surface area contributed by atoms with Crippen LogP contribution in [0.4, 0.5) is 5.69 Å². The Morgan fingerprint density at radius 2 is 1.77 bits per heavy atom. The zero-order valence-electron chi connectivity index (χ0n) is 41.1. The van der Waals surface area contributed by atoms with Gasteiger partial charge in [-0.1, -0.05) is 44.9 Å². The number of methoxy groups -OCH3 is 1. The number of rotatable bonds is 11. The van der Waals surface area contributed by atoms with Gasteiger partial charge in [0.1, 0.15) is 45.9 Å². The molecule has 0 radical (unpaired) electrons. The van der Waals surface area contributed by atoms with Crippen molar-refractivity contribution in [2.24, 2.45) is 5.92 Å². The van der Waals surface area contributed by atoms with Crippen LogP contribution in [0.5, 0.6) is 11.5 Å². The molecular weight excluding hydrogens is 931 g/mol. The first-order chi connectivity index (χ1) is 33.4. The average Bonchev–Trinajstić information content (AvgIpc) is 4.10. The number of benzene rings is 2. The van der Waals surface area contributed by atoms with Gasteiger partial charge in [-0.3, -0.25) is 23.9 Å². The number of pyridine rings is 1.